The number of hydrogen-bond donors (Lipinski definition) is 10. The van der Waals surface area contributed by atoms with Crippen molar-refractivity contribution in [3.05, 3.63) is 0 Å². The van der Waals surface area contributed by atoms with Crippen molar-refractivity contribution in [2.45, 2.75) is 61.4 Å². The van der Waals surface area contributed by atoms with Gasteiger partial charge in [-0.2, -0.15) is 0 Å². The summed E-state index contributed by atoms with van der Waals surface area (Å²) >= 11 is 4.09. The minimum atomic E-state index is -1.74. The zero-order chi connectivity index (χ0) is 20.9. The van der Waals surface area contributed by atoms with Crippen molar-refractivity contribution < 1.29 is 66.0 Å². The summed E-state index contributed by atoms with van der Waals surface area (Å²) in [6, 6.07) is 0. The van der Waals surface area contributed by atoms with Crippen molar-refractivity contribution in [2.75, 3.05) is 13.2 Å². The van der Waals surface area contributed by atoms with E-state index in [1.807, 2.05) is 0 Å². The van der Waals surface area contributed by atoms with Crippen molar-refractivity contribution in [1.29, 1.82) is 0 Å². The van der Waals surface area contributed by atoms with Crippen LogP contribution < -0.4 is 11.5 Å². The summed E-state index contributed by atoms with van der Waals surface area (Å²) in [4.78, 5) is 0. The predicted molar refractivity (Wildman–Crippen MR) is 96.8 cm³/mol. The lowest BCUT2D eigenvalue weighted by molar-refractivity contribution is -0.355. The molecule has 2 aliphatic rings. The van der Waals surface area contributed by atoms with E-state index in [1.54, 1.807) is 0 Å². The molecule has 0 aliphatic carbocycles. The summed E-state index contributed by atoms with van der Waals surface area (Å²) in [7, 11) is 0. The summed E-state index contributed by atoms with van der Waals surface area (Å²) in [5, 5.41) is 76.5. The molecule has 0 amide bonds. The molecule has 15 nitrogen and oxygen atoms in total. The topological polar surface area (TPSA) is 305 Å². The first-order valence-electron chi connectivity index (χ1n) is 7.86. The third kappa shape index (κ3) is 7.74. The van der Waals surface area contributed by atoms with Crippen LogP contribution in [0.1, 0.15) is 0 Å². The van der Waals surface area contributed by atoms with Gasteiger partial charge in [-0.1, -0.05) is 0 Å². The monoisotopic (exact) mass is 454 g/mol. The fourth-order valence-electron chi connectivity index (χ4n) is 2.57. The SMILES string of the molecule is NC(N)=S.O.O.OC[C@H]1O[C@@H](O[C@H]2[C@H](O)[C@@H](O)[C@H](O)O[C@@H]2CO)[C@H](O)[C@@H](O)[C@@H]1O. The maximum Gasteiger partial charge on any atom is 0.187 e. The molecule has 0 unspecified atom stereocenters. The second-order valence-corrected chi connectivity index (χ2v) is 6.40. The van der Waals surface area contributed by atoms with Crippen LogP contribution in [0.25, 0.3) is 0 Å². The molecule has 2 rings (SSSR count). The third-order valence-electron chi connectivity index (χ3n) is 3.98. The Morgan fingerprint density at radius 2 is 1.24 bits per heavy atom. The lowest BCUT2D eigenvalue weighted by atomic mass is 9.97. The van der Waals surface area contributed by atoms with Crippen LogP contribution in [0.3, 0.4) is 0 Å². The van der Waals surface area contributed by atoms with E-state index in [0.717, 1.165) is 0 Å². The Hall–Kier alpha value is -0.830. The van der Waals surface area contributed by atoms with Gasteiger partial charge in [-0.25, -0.2) is 0 Å². The van der Waals surface area contributed by atoms with Crippen LogP contribution in [0.15, 0.2) is 0 Å². The summed E-state index contributed by atoms with van der Waals surface area (Å²) < 4.78 is 15.3. The van der Waals surface area contributed by atoms with Crippen molar-refractivity contribution >= 4 is 17.3 Å². The highest BCUT2D eigenvalue weighted by Crippen LogP contribution is 2.28. The summed E-state index contributed by atoms with van der Waals surface area (Å²) in [5.74, 6) is 0. The number of thiocarbonyl (C=S) groups is 1. The molecule has 29 heavy (non-hydrogen) atoms. The van der Waals surface area contributed by atoms with Crippen molar-refractivity contribution in [2.24, 2.45) is 11.5 Å². The molecule has 0 aromatic carbocycles. The number of ether oxygens (including phenoxy) is 3. The van der Waals surface area contributed by atoms with E-state index < -0.39 is 74.6 Å². The van der Waals surface area contributed by atoms with E-state index in [4.69, 9.17) is 19.3 Å². The molecule has 0 spiro atoms. The molecule has 0 bridgehead atoms. The summed E-state index contributed by atoms with van der Waals surface area (Å²) in [5.41, 5.74) is 9.24. The van der Waals surface area contributed by atoms with E-state index in [1.165, 1.54) is 0 Å². The van der Waals surface area contributed by atoms with Crippen LogP contribution in [0.2, 0.25) is 0 Å². The van der Waals surface area contributed by atoms with E-state index in [-0.39, 0.29) is 16.1 Å². The highest BCUT2D eigenvalue weighted by Gasteiger charge is 2.50. The molecular formula is C13H30N2O13S. The first-order valence-corrected chi connectivity index (χ1v) is 8.27. The lowest BCUT2D eigenvalue weighted by Gasteiger charge is -2.45. The van der Waals surface area contributed by atoms with Crippen LogP contribution in [0.5, 0.6) is 0 Å². The molecule has 10 atom stereocenters. The number of nitrogens with two attached hydrogens (primary N) is 2. The Morgan fingerprint density at radius 3 is 1.69 bits per heavy atom. The maximum absolute atomic E-state index is 9.94. The molecule has 2 aliphatic heterocycles. The molecule has 2 saturated heterocycles. The average Bonchev–Trinajstić information content (AvgIpc) is 2.61. The summed E-state index contributed by atoms with van der Waals surface area (Å²) in [6.07, 6.45) is -15.6. The number of rotatable bonds is 4. The molecule has 2 fully saturated rings. The van der Waals surface area contributed by atoms with Gasteiger partial charge in [0.1, 0.15) is 48.8 Å². The third-order valence-corrected chi connectivity index (χ3v) is 3.98. The smallest absolute Gasteiger partial charge is 0.187 e. The van der Waals surface area contributed by atoms with E-state index >= 15 is 0 Å². The maximum atomic E-state index is 9.94. The zero-order valence-electron chi connectivity index (χ0n) is 15.1. The zero-order valence-corrected chi connectivity index (χ0v) is 15.9. The number of aliphatic hydroxyl groups excluding tert-OH is 8. The van der Waals surface area contributed by atoms with Crippen LogP contribution >= 0.6 is 12.2 Å². The largest absolute Gasteiger partial charge is 0.412 e. The van der Waals surface area contributed by atoms with Crippen LogP contribution in [0.4, 0.5) is 0 Å². The van der Waals surface area contributed by atoms with Gasteiger partial charge in [0.15, 0.2) is 17.7 Å². The molecule has 0 radical (unpaired) electrons. The van der Waals surface area contributed by atoms with Crippen molar-refractivity contribution in [1.82, 2.24) is 0 Å². The standard InChI is InChI=1S/C12H22O11.CH4N2S.2H2O/c13-1-3-5(15)6(16)9(19)12(22-3)23-10-4(2-14)21-11(20)8(18)7(10)17;2-1(3)4;;/h3-20H,1-2H2;(H4,2,3,4);2*1H2/t3-,4-,5-,6+,7-,8-,9-,10-,11-,12+;;;/m1.../s1. The van der Waals surface area contributed by atoms with Gasteiger partial charge in [-0.3, -0.25) is 0 Å². The molecule has 16 heteroatoms. The van der Waals surface area contributed by atoms with E-state index in [0.29, 0.717) is 0 Å². The normalized spacial score (nSPS) is 41.8. The van der Waals surface area contributed by atoms with E-state index in [9.17, 15) is 35.7 Å². The van der Waals surface area contributed by atoms with Gasteiger partial charge in [-0.05, 0) is 12.2 Å². The highest BCUT2D eigenvalue weighted by molar-refractivity contribution is 7.80. The Balaban J connectivity index is 0. The summed E-state index contributed by atoms with van der Waals surface area (Å²) in [6.45, 7) is -1.35. The Morgan fingerprint density at radius 1 is 0.759 bits per heavy atom. The van der Waals surface area contributed by atoms with Gasteiger partial charge in [0.25, 0.3) is 0 Å². The van der Waals surface area contributed by atoms with Crippen molar-refractivity contribution in [3.63, 3.8) is 0 Å². The van der Waals surface area contributed by atoms with Gasteiger partial charge in [0, 0.05) is 0 Å². The Bertz CT molecular complexity index is 470. The van der Waals surface area contributed by atoms with Gasteiger partial charge < -0.3 is 77.5 Å². The van der Waals surface area contributed by atoms with Gasteiger partial charge >= 0.3 is 0 Å². The van der Waals surface area contributed by atoms with Crippen LogP contribution in [-0.4, -0.2) is 132 Å². The predicted octanol–water partition coefficient (Wildman–Crippen LogP) is -7.86. The molecular weight excluding hydrogens is 424 g/mol. The molecule has 2 heterocycles. The van der Waals surface area contributed by atoms with Crippen LogP contribution in [-0.2, 0) is 14.2 Å². The van der Waals surface area contributed by atoms with Gasteiger partial charge in [0.2, 0.25) is 0 Å². The first kappa shape index (κ1) is 30.4. The average molecular weight is 454 g/mol. The first-order chi connectivity index (χ1) is 12.5. The lowest BCUT2D eigenvalue weighted by Crippen LogP contribution is -2.64. The molecule has 0 aromatic heterocycles. The number of aliphatic hydroxyl groups is 8. The molecule has 176 valence electrons. The number of hydrogen-bond acceptors (Lipinski definition) is 12. The molecule has 0 saturated carbocycles. The van der Waals surface area contributed by atoms with E-state index in [2.05, 4.69) is 23.7 Å². The molecule has 16 N–H and O–H groups in total. The minimum Gasteiger partial charge on any atom is -0.412 e. The molecule has 0 aromatic rings. The van der Waals surface area contributed by atoms with Gasteiger partial charge in [-0.15, -0.1) is 0 Å². The fraction of sp³-hybridized carbons (Fsp3) is 0.923. The Labute approximate surface area is 170 Å². The highest BCUT2D eigenvalue weighted by atomic mass is 32.1. The fourth-order valence-corrected chi connectivity index (χ4v) is 2.57. The Kier molecular flexibility index (Phi) is 14.1. The quantitative estimate of drug-likeness (QED) is 0.176. The minimum absolute atomic E-state index is 0. The van der Waals surface area contributed by atoms with Crippen LogP contribution in [0, 0.1) is 0 Å². The van der Waals surface area contributed by atoms with Gasteiger partial charge in [0.05, 0.1) is 13.2 Å². The van der Waals surface area contributed by atoms with Crippen molar-refractivity contribution in [3.8, 4) is 0 Å². The second-order valence-electron chi connectivity index (χ2n) is 5.93. The second kappa shape index (κ2) is 13.5.